The molecule has 0 atom stereocenters. The molecule has 0 radical (unpaired) electrons. The summed E-state index contributed by atoms with van der Waals surface area (Å²) in [4.78, 5) is 9.17. The molecule has 0 fully saturated rings. The average Bonchev–Trinajstić information content (AvgIpc) is 2.32. The zero-order valence-electron chi connectivity index (χ0n) is 11.0. The van der Waals surface area contributed by atoms with E-state index in [2.05, 4.69) is 69.9 Å². The number of aryl methyl sites for hydroxylation is 3. The van der Waals surface area contributed by atoms with Crippen LogP contribution in [0.3, 0.4) is 0 Å². The Morgan fingerprint density at radius 1 is 1.11 bits per heavy atom. The van der Waals surface area contributed by atoms with Gasteiger partial charge in [0.2, 0.25) is 0 Å². The smallest absolute Gasteiger partial charge is 0.162 e. The number of hydrogen-bond donors (Lipinski definition) is 1. The van der Waals surface area contributed by atoms with Crippen molar-refractivity contribution in [1.82, 2.24) is 9.97 Å². The Balaban J connectivity index is 2.60. The lowest BCUT2D eigenvalue weighted by atomic mass is 10.1. The van der Waals surface area contributed by atoms with Crippen molar-refractivity contribution in [3.63, 3.8) is 0 Å². The molecular weight excluding hydrogens is 337 g/mol. The molecule has 2 rings (SSSR count). The van der Waals surface area contributed by atoms with Crippen LogP contribution in [0, 0.1) is 24.3 Å². The van der Waals surface area contributed by atoms with E-state index in [4.69, 9.17) is 0 Å². The highest BCUT2D eigenvalue weighted by molar-refractivity contribution is 14.1. The lowest BCUT2D eigenvalue weighted by molar-refractivity contribution is 1.08. The molecule has 0 amide bonds. The van der Waals surface area contributed by atoms with Gasteiger partial charge < -0.3 is 5.32 Å². The summed E-state index contributed by atoms with van der Waals surface area (Å²) < 4.78 is 1.07. The van der Waals surface area contributed by atoms with Crippen molar-refractivity contribution in [2.24, 2.45) is 0 Å². The largest absolute Gasteiger partial charge is 0.372 e. The Morgan fingerprint density at radius 2 is 1.83 bits per heavy atom. The monoisotopic (exact) mass is 353 g/mol. The fraction of sp³-hybridized carbons (Fsp3) is 0.286. The lowest BCUT2D eigenvalue weighted by Crippen LogP contribution is -2.03. The van der Waals surface area contributed by atoms with Gasteiger partial charge in [-0.3, -0.25) is 0 Å². The van der Waals surface area contributed by atoms with Gasteiger partial charge in [-0.15, -0.1) is 0 Å². The van der Waals surface area contributed by atoms with Crippen molar-refractivity contribution < 1.29 is 0 Å². The Bertz CT molecular complexity index is 594. The maximum absolute atomic E-state index is 4.58. The SMILES string of the molecule is CNc1nc(-c2ccc(C)cc2C)nc(C)c1I. The van der Waals surface area contributed by atoms with Crippen LogP contribution in [0.5, 0.6) is 0 Å². The Morgan fingerprint density at radius 3 is 2.44 bits per heavy atom. The number of halogens is 1. The molecule has 0 saturated heterocycles. The number of anilines is 1. The van der Waals surface area contributed by atoms with E-state index in [-0.39, 0.29) is 0 Å². The van der Waals surface area contributed by atoms with E-state index in [1.807, 2.05) is 14.0 Å². The predicted octanol–water partition coefficient (Wildman–Crippen LogP) is 3.72. The minimum absolute atomic E-state index is 0.787. The van der Waals surface area contributed by atoms with Gasteiger partial charge in [-0.25, -0.2) is 9.97 Å². The van der Waals surface area contributed by atoms with Crippen molar-refractivity contribution >= 4 is 28.4 Å². The van der Waals surface area contributed by atoms with Crippen molar-refractivity contribution in [2.75, 3.05) is 12.4 Å². The summed E-state index contributed by atoms with van der Waals surface area (Å²) in [6.07, 6.45) is 0. The van der Waals surface area contributed by atoms with E-state index in [9.17, 15) is 0 Å². The van der Waals surface area contributed by atoms with Crippen LogP contribution in [0.2, 0.25) is 0 Å². The zero-order chi connectivity index (χ0) is 13.3. The average molecular weight is 353 g/mol. The fourth-order valence-electron chi connectivity index (χ4n) is 1.91. The van der Waals surface area contributed by atoms with Gasteiger partial charge in [0.25, 0.3) is 0 Å². The fourth-order valence-corrected chi connectivity index (χ4v) is 2.42. The van der Waals surface area contributed by atoms with Gasteiger partial charge in [0, 0.05) is 12.6 Å². The molecule has 1 heterocycles. The van der Waals surface area contributed by atoms with E-state index in [1.54, 1.807) is 0 Å². The van der Waals surface area contributed by atoms with Crippen LogP contribution in [-0.4, -0.2) is 17.0 Å². The molecule has 1 aromatic heterocycles. The van der Waals surface area contributed by atoms with Gasteiger partial charge >= 0.3 is 0 Å². The molecule has 0 bridgehead atoms. The van der Waals surface area contributed by atoms with Crippen LogP contribution in [0.15, 0.2) is 18.2 Å². The Hall–Kier alpha value is -1.17. The first-order valence-corrected chi connectivity index (χ1v) is 6.90. The number of nitrogens with zero attached hydrogens (tertiary/aromatic N) is 2. The molecule has 0 unspecified atom stereocenters. The normalized spacial score (nSPS) is 10.5. The van der Waals surface area contributed by atoms with Crippen molar-refractivity contribution in [2.45, 2.75) is 20.8 Å². The standard InChI is InChI=1S/C14H16IN3/c1-8-5-6-11(9(2)7-8)13-17-10(3)12(15)14(16-4)18-13/h5-7H,1-4H3,(H,16,17,18). The van der Waals surface area contributed by atoms with Crippen LogP contribution in [0.1, 0.15) is 16.8 Å². The second kappa shape index (κ2) is 5.22. The lowest BCUT2D eigenvalue weighted by Gasteiger charge is -2.10. The second-order valence-electron chi connectivity index (χ2n) is 4.36. The first kappa shape index (κ1) is 13.3. The summed E-state index contributed by atoms with van der Waals surface area (Å²) >= 11 is 2.27. The highest BCUT2D eigenvalue weighted by Gasteiger charge is 2.11. The molecule has 0 aliphatic rings. The molecule has 1 N–H and O–H groups in total. The summed E-state index contributed by atoms with van der Waals surface area (Å²) in [5, 5.41) is 3.12. The first-order valence-electron chi connectivity index (χ1n) is 5.82. The van der Waals surface area contributed by atoms with E-state index in [0.29, 0.717) is 0 Å². The number of aromatic nitrogens is 2. The summed E-state index contributed by atoms with van der Waals surface area (Å²) in [7, 11) is 1.88. The van der Waals surface area contributed by atoms with E-state index >= 15 is 0 Å². The number of hydrogen-bond acceptors (Lipinski definition) is 3. The van der Waals surface area contributed by atoms with Crippen LogP contribution < -0.4 is 5.32 Å². The van der Waals surface area contributed by atoms with Crippen molar-refractivity contribution in [3.05, 3.63) is 38.6 Å². The molecule has 3 nitrogen and oxygen atoms in total. The molecule has 94 valence electrons. The van der Waals surface area contributed by atoms with Gasteiger partial charge in [-0.1, -0.05) is 23.8 Å². The third-order valence-electron chi connectivity index (χ3n) is 2.88. The number of rotatable bonds is 2. The molecule has 18 heavy (non-hydrogen) atoms. The Kier molecular flexibility index (Phi) is 3.85. The second-order valence-corrected chi connectivity index (χ2v) is 5.44. The van der Waals surface area contributed by atoms with Crippen molar-refractivity contribution in [3.8, 4) is 11.4 Å². The molecule has 2 aromatic rings. The third-order valence-corrected chi connectivity index (χ3v) is 4.17. The topological polar surface area (TPSA) is 37.8 Å². The molecule has 1 aromatic carbocycles. The van der Waals surface area contributed by atoms with Crippen LogP contribution >= 0.6 is 22.6 Å². The summed E-state index contributed by atoms with van der Waals surface area (Å²) in [6, 6.07) is 6.34. The van der Waals surface area contributed by atoms with Crippen LogP contribution in [-0.2, 0) is 0 Å². The minimum atomic E-state index is 0.787. The van der Waals surface area contributed by atoms with Gasteiger partial charge in [0.05, 0.1) is 9.26 Å². The van der Waals surface area contributed by atoms with Crippen molar-refractivity contribution in [1.29, 1.82) is 0 Å². The minimum Gasteiger partial charge on any atom is -0.372 e. The summed E-state index contributed by atoms with van der Waals surface area (Å²) in [5.41, 5.74) is 4.56. The highest BCUT2D eigenvalue weighted by Crippen LogP contribution is 2.25. The van der Waals surface area contributed by atoms with Crippen LogP contribution in [0.25, 0.3) is 11.4 Å². The van der Waals surface area contributed by atoms with Gasteiger partial charge in [-0.2, -0.15) is 0 Å². The molecule has 4 heteroatoms. The Labute approximate surface area is 121 Å². The predicted molar refractivity (Wildman–Crippen MR) is 83.9 cm³/mol. The molecule has 0 spiro atoms. The first-order chi connectivity index (χ1) is 8.52. The summed E-state index contributed by atoms with van der Waals surface area (Å²) in [5.74, 6) is 1.67. The van der Waals surface area contributed by atoms with Gasteiger partial charge in [0.15, 0.2) is 5.82 Å². The van der Waals surface area contributed by atoms with Gasteiger partial charge in [0.1, 0.15) is 5.82 Å². The summed E-state index contributed by atoms with van der Waals surface area (Å²) in [6.45, 7) is 6.20. The number of nitrogens with one attached hydrogen (secondary N) is 1. The van der Waals surface area contributed by atoms with Crippen LogP contribution in [0.4, 0.5) is 5.82 Å². The quantitative estimate of drug-likeness (QED) is 0.837. The highest BCUT2D eigenvalue weighted by atomic mass is 127. The maximum Gasteiger partial charge on any atom is 0.162 e. The maximum atomic E-state index is 4.58. The zero-order valence-corrected chi connectivity index (χ0v) is 13.2. The molecule has 0 saturated carbocycles. The molecule has 0 aliphatic carbocycles. The van der Waals surface area contributed by atoms with E-state index < -0.39 is 0 Å². The van der Waals surface area contributed by atoms with E-state index in [1.165, 1.54) is 11.1 Å². The van der Waals surface area contributed by atoms with Gasteiger partial charge in [-0.05, 0) is 48.9 Å². The third kappa shape index (κ3) is 2.48. The van der Waals surface area contributed by atoms with E-state index in [0.717, 1.165) is 26.5 Å². The molecular formula is C14H16IN3. The number of benzene rings is 1. The molecule has 0 aliphatic heterocycles.